The summed E-state index contributed by atoms with van der Waals surface area (Å²) >= 11 is 0. The zero-order chi connectivity index (χ0) is 12.9. The third kappa shape index (κ3) is 3.84. The van der Waals surface area contributed by atoms with Crippen LogP contribution in [0.5, 0.6) is 5.75 Å². The maximum absolute atomic E-state index is 12.0. The molecule has 1 rings (SSSR count). The summed E-state index contributed by atoms with van der Waals surface area (Å²) in [5.74, 6) is 0.300. The Kier molecular flexibility index (Phi) is 4.66. The van der Waals surface area contributed by atoms with Gasteiger partial charge < -0.3 is 9.05 Å². The van der Waals surface area contributed by atoms with Crippen LogP contribution >= 0.6 is 7.60 Å². The van der Waals surface area contributed by atoms with Crippen molar-refractivity contribution in [1.82, 2.24) is 0 Å². The minimum absolute atomic E-state index is 0.0416. The largest absolute Gasteiger partial charge is 0.424 e. The number of nitro benzene ring substituents is 1. The van der Waals surface area contributed by atoms with Gasteiger partial charge in [0.2, 0.25) is 0 Å². The third-order valence-electron chi connectivity index (χ3n) is 2.01. The van der Waals surface area contributed by atoms with Crippen LogP contribution in [-0.2, 0) is 9.09 Å². The van der Waals surface area contributed by atoms with Crippen molar-refractivity contribution in [3.63, 3.8) is 0 Å². The van der Waals surface area contributed by atoms with Gasteiger partial charge in [-0.3, -0.25) is 10.1 Å². The van der Waals surface area contributed by atoms with Crippen molar-refractivity contribution < 1.29 is 18.5 Å². The Morgan fingerprint density at radius 2 is 1.88 bits per heavy atom. The molecule has 0 aliphatic carbocycles. The molecule has 0 bridgehead atoms. The Labute approximate surface area is 99.2 Å². The van der Waals surface area contributed by atoms with Gasteiger partial charge in [-0.15, -0.1) is 0 Å². The Morgan fingerprint density at radius 3 is 2.29 bits per heavy atom. The van der Waals surface area contributed by atoms with Crippen molar-refractivity contribution in [2.45, 2.75) is 13.8 Å². The van der Waals surface area contributed by atoms with Gasteiger partial charge in [-0.25, -0.2) is 4.57 Å². The number of nitro groups is 1. The summed E-state index contributed by atoms with van der Waals surface area (Å²) in [6, 6.07) is 5.39. The van der Waals surface area contributed by atoms with E-state index in [4.69, 9.17) is 9.05 Å². The highest BCUT2D eigenvalue weighted by molar-refractivity contribution is 7.54. The molecular weight excluding hydrogens is 245 g/mol. The fourth-order valence-corrected chi connectivity index (χ4v) is 2.37. The zero-order valence-electron chi connectivity index (χ0n) is 9.66. The van der Waals surface area contributed by atoms with Crippen LogP contribution in [0.15, 0.2) is 24.3 Å². The van der Waals surface area contributed by atoms with Crippen molar-refractivity contribution in [3.8, 4) is 5.75 Å². The number of benzene rings is 1. The lowest BCUT2D eigenvalue weighted by Gasteiger charge is -2.16. The first-order valence-electron chi connectivity index (χ1n) is 5.18. The predicted molar refractivity (Wildman–Crippen MR) is 63.5 cm³/mol. The fourth-order valence-electron chi connectivity index (χ4n) is 1.17. The minimum Gasteiger partial charge on any atom is -0.424 e. The lowest BCUT2D eigenvalue weighted by molar-refractivity contribution is -0.384. The summed E-state index contributed by atoms with van der Waals surface area (Å²) in [6.07, 6.45) is 0.248. The second-order valence-electron chi connectivity index (χ2n) is 3.19. The van der Waals surface area contributed by atoms with Crippen molar-refractivity contribution in [3.05, 3.63) is 34.4 Å². The van der Waals surface area contributed by atoms with Gasteiger partial charge >= 0.3 is 7.60 Å². The summed E-state index contributed by atoms with van der Waals surface area (Å²) < 4.78 is 22.3. The van der Waals surface area contributed by atoms with Crippen molar-refractivity contribution in [2.75, 3.05) is 12.8 Å². The molecule has 1 aromatic rings. The van der Waals surface area contributed by atoms with Gasteiger partial charge in [-0.2, -0.15) is 0 Å². The second kappa shape index (κ2) is 5.80. The van der Waals surface area contributed by atoms with Crippen LogP contribution < -0.4 is 4.52 Å². The Bertz CT molecular complexity index is 431. The molecule has 0 radical (unpaired) electrons. The maximum Gasteiger partial charge on any atom is 0.378 e. The number of nitrogens with zero attached hydrogens (tertiary/aromatic N) is 1. The van der Waals surface area contributed by atoms with Gasteiger partial charge in [0.25, 0.3) is 5.69 Å². The summed E-state index contributed by atoms with van der Waals surface area (Å²) in [7, 11) is -3.13. The first kappa shape index (κ1) is 13.7. The highest BCUT2D eigenvalue weighted by Crippen LogP contribution is 2.47. The lowest BCUT2D eigenvalue weighted by Crippen LogP contribution is -2.00. The van der Waals surface area contributed by atoms with Crippen LogP contribution in [0.2, 0.25) is 0 Å². The number of non-ortho nitro benzene ring substituents is 1. The fraction of sp³-hybridized carbons (Fsp3) is 0.400. The molecule has 0 amide bonds. The molecule has 0 aliphatic rings. The van der Waals surface area contributed by atoms with Crippen molar-refractivity contribution >= 4 is 13.3 Å². The summed E-state index contributed by atoms with van der Waals surface area (Å²) in [5.41, 5.74) is -0.0416. The normalized spacial score (nSPS) is 14.0. The quantitative estimate of drug-likeness (QED) is 0.445. The topological polar surface area (TPSA) is 78.7 Å². The predicted octanol–water partition coefficient (Wildman–Crippen LogP) is 3.22. The molecule has 0 aromatic heterocycles. The van der Waals surface area contributed by atoms with E-state index in [0.29, 0.717) is 5.75 Å². The Morgan fingerprint density at radius 1 is 1.29 bits per heavy atom. The zero-order valence-corrected chi connectivity index (χ0v) is 10.6. The molecule has 1 aromatic carbocycles. The summed E-state index contributed by atoms with van der Waals surface area (Å²) in [6.45, 7) is 3.71. The van der Waals surface area contributed by atoms with Gasteiger partial charge in [-0.1, -0.05) is 6.92 Å². The van der Waals surface area contributed by atoms with Crippen LogP contribution in [0.1, 0.15) is 13.8 Å². The second-order valence-corrected chi connectivity index (χ2v) is 5.48. The first-order chi connectivity index (χ1) is 8.00. The third-order valence-corrected chi connectivity index (χ3v) is 3.92. The molecule has 17 heavy (non-hydrogen) atoms. The van der Waals surface area contributed by atoms with Crippen LogP contribution in [0, 0.1) is 10.1 Å². The molecule has 0 spiro atoms. The van der Waals surface area contributed by atoms with E-state index in [1.54, 1.807) is 13.8 Å². The van der Waals surface area contributed by atoms with Gasteiger partial charge in [0.15, 0.2) is 0 Å². The highest BCUT2D eigenvalue weighted by atomic mass is 31.2. The average molecular weight is 259 g/mol. The molecule has 0 N–H and O–H groups in total. The molecule has 0 aliphatic heterocycles. The van der Waals surface area contributed by atoms with Crippen molar-refractivity contribution in [2.24, 2.45) is 0 Å². The van der Waals surface area contributed by atoms with Crippen LogP contribution in [-0.4, -0.2) is 17.7 Å². The van der Waals surface area contributed by atoms with E-state index in [1.807, 2.05) is 0 Å². The summed E-state index contributed by atoms with van der Waals surface area (Å²) in [5, 5.41) is 10.4. The molecular formula is C10H14NO5P. The standard InChI is InChI=1S/C10H14NO5P/c1-3-15-17(14,4-2)16-10-7-5-9(6-8-10)11(12)13/h5-8H,3-4H2,1-2H3. The van der Waals surface area contributed by atoms with E-state index < -0.39 is 12.5 Å². The lowest BCUT2D eigenvalue weighted by atomic mass is 10.3. The van der Waals surface area contributed by atoms with Crippen LogP contribution in [0.4, 0.5) is 5.69 Å². The van der Waals surface area contributed by atoms with Gasteiger partial charge in [0.05, 0.1) is 17.7 Å². The van der Waals surface area contributed by atoms with Crippen molar-refractivity contribution in [1.29, 1.82) is 0 Å². The smallest absolute Gasteiger partial charge is 0.378 e. The number of hydrogen-bond donors (Lipinski definition) is 0. The van der Waals surface area contributed by atoms with Gasteiger partial charge in [0, 0.05) is 12.1 Å². The minimum atomic E-state index is -3.13. The van der Waals surface area contributed by atoms with Crippen LogP contribution in [0.3, 0.4) is 0 Å². The highest BCUT2D eigenvalue weighted by Gasteiger charge is 2.22. The number of hydrogen-bond acceptors (Lipinski definition) is 5. The molecule has 0 fully saturated rings. The van der Waals surface area contributed by atoms with E-state index in [2.05, 4.69) is 0 Å². The molecule has 0 saturated carbocycles. The van der Waals surface area contributed by atoms with E-state index in [9.17, 15) is 14.7 Å². The maximum atomic E-state index is 12.0. The summed E-state index contributed by atoms with van der Waals surface area (Å²) in [4.78, 5) is 9.93. The van der Waals surface area contributed by atoms with E-state index in [-0.39, 0.29) is 18.5 Å². The molecule has 94 valence electrons. The van der Waals surface area contributed by atoms with Crippen LogP contribution in [0.25, 0.3) is 0 Å². The Hall–Kier alpha value is -1.39. The van der Waals surface area contributed by atoms with Gasteiger partial charge in [-0.05, 0) is 19.1 Å². The van der Waals surface area contributed by atoms with Gasteiger partial charge in [0.1, 0.15) is 5.75 Å². The molecule has 6 nitrogen and oxygen atoms in total. The number of rotatable bonds is 6. The molecule has 0 heterocycles. The monoisotopic (exact) mass is 259 g/mol. The SMILES string of the molecule is CCOP(=O)(CC)Oc1ccc([N+](=O)[O-])cc1. The van der Waals surface area contributed by atoms with E-state index in [0.717, 1.165) is 0 Å². The molecule has 0 saturated heterocycles. The first-order valence-corrected chi connectivity index (χ1v) is 6.91. The molecule has 1 unspecified atom stereocenters. The molecule has 1 atom stereocenters. The van der Waals surface area contributed by atoms with E-state index >= 15 is 0 Å². The molecule has 7 heteroatoms. The van der Waals surface area contributed by atoms with E-state index in [1.165, 1.54) is 24.3 Å². The Balaban J connectivity index is 2.81. The average Bonchev–Trinajstić information content (AvgIpc) is 2.30.